The van der Waals surface area contributed by atoms with E-state index in [2.05, 4.69) is 5.32 Å². The molecule has 104 valence electrons. The van der Waals surface area contributed by atoms with Crippen LogP contribution in [-0.2, 0) is 14.3 Å². The van der Waals surface area contributed by atoms with Crippen LogP contribution < -0.4 is 11.1 Å². The van der Waals surface area contributed by atoms with Crippen molar-refractivity contribution in [2.75, 3.05) is 27.2 Å². The van der Waals surface area contributed by atoms with Crippen molar-refractivity contribution in [3.05, 3.63) is 0 Å². The Bertz CT molecular complexity index is 309. The molecule has 1 unspecified atom stereocenters. The normalized spacial score (nSPS) is 24.7. The standard InChI is InChI=1S/C12H23N3O3/c1-8(11(16)14-2)7-15(3)12(17)10-5-4-9(6-13)18-10/h8-10H,4-7,13H2,1-3H3,(H,14,16)/t8?,9-,10+/m1/s1. The molecule has 1 fully saturated rings. The molecular formula is C12H23N3O3. The molecule has 0 bridgehead atoms. The fraction of sp³-hybridized carbons (Fsp3) is 0.833. The molecule has 1 heterocycles. The molecule has 2 amide bonds. The molecule has 3 atom stereocenters. The lowest BCUT2D eigenvalue weighted by Gasteiger charge is -2.23. The largest absolute Gasteiger partial charge is 0.364 e. The summed E-state index contributed by atoms with van der Waals surface area (Å²) >= 11 is 0. The van der Waals surface area contributed by atoms with Crippen molar-refractivity contribution >= 4 is 11.8 Å². The zero-order chi connectivity index (χ0) is 13.7. The third kappa shape index (κ3) is 3.68. The van der Waals surface area contributed by atoms with E-state index >= 15 is 0 Å². The van der Waals surface area contributed by atoms with Gasteiger partial charge >= 0.3 is 0 Å². The van der Waals surface area contributed by atoms with Crippen LogP contribution in [0.5, 0.6) is 0 Å². The number of carbonyl (C=O) groups excluding carboxylic acids is 2. The van der Waals surface area contributed by atoms with E-state index in [4.69, 9.17) is 10.5 Å². The summed E-state index contributed by atoms with van der Waals surface area (Å²) in [7, 11) is 3.29. The first kappa shape index (κ1) is 14.9. The van der Waals surface area contributed by atoms with Gasteiger partial charge in [0, 0.05) is 27.2 Å². The summed E-state index contributed by atoms with van der Waals surface area (Å²) in [4.78, 5) is 25.0. The molecule has 1 aliphatic heterocycles. The second kappa shape index (κ2) is 6.70. The van der Waals surface area contributed by atoms with Gasteiger partial charge in [-0.25, -0.2) is 0 Å². The summed E-state index contributed by atoms with van der Waals surface area (Å²) < 4.78 is 5.55. The van der Waals surface area contributed by atoms with E-state index in [9.17, 15) is 9.59 Å². The first-order valence-corrected chi connectivity index (χ1v) is 6.31. The van der Waals surface area contributed by atoms with Gasteiger partial charge in [-0.1, -0.05) is 6.92 Å². The minimum atomic E-state index is -0.402. The molecule has 1 saturated heterocycles. The highest BCUT2D eigenvalue weighted by Crippen LogP contribution is 2.20. The molecule has 0 aromatic rings. The number of hydrogen-bond acceptors (Lipinski definition) is 4. The topological polar surface area (TPSA) is 84.7 Å². The van der Waals surface area contributed by atoms with Crippen molar-refractivity contribution in [2.45, 2.75) is 32.0 Å². The Hall–Kier alpha value is -1.14. The van der Waals surface area contributed by atoms with Gasteiger partial charge in [0.05, 0.1) is 12.0 Å². The Morgan fingerprint density at radius 2 is 2.17 bits per heavy atom. The number of rotatable bonds is 5. The molecule has 0 radical (unpaired) electrons. The Labute approximate surface area is 108 Å². The van der Waals surface area contributed by atoms with E-state index in [1.807, 2.05) is 0 Å². The van der Waals surface area contributed by atoms with Gasteiger partial charge in [0.15, 0.2) is 0 Å². The minimum Gasteiger partial charge on any atom is -0.364 e. The second-order valence-electron chi connectivity index (χ2n) is 4.79. The van der Waals surface area contributed by atoms with E-state index < -0.39 is 6.10 Å². The lowest BCUT2D eigenvalue weighted by Crippen LogP contribution is -2.42. The number of carbonyl (C=O) groups is 2. The van der Waals surface area contributed by atoms with E-state index in [0.717, 1.165) is 6.42 Å². The average Bonchev–Trinajstić information content (AvgIpc) is 2.85. The van der Waals surface area contributed by atoms with Crippen molar-refractivity contribution in [3.8, 4) is 0 Å². The van der Waals surface area contributed by atoms with Gasteiger partial charge < -0.3 is 20.7 Å². The van der Waals surface area contributed by atoms with Crippen molar-refractivity contribution < 1.29 is 14.3 Å². The SMILES string of the molecule is CNC(=O)C(C)CN(C)C(=O)[C@@H]1CC[C@H](CN)O1. The van der Waals surface area contributed by atoms with Gasteiger partial charge in [0.25, 0.3) is 5.91 Å². The van der Waals surface area contributed by atoms with Crippen LogP contribution in [0.1, 0.15) is 19.8 Å². The van der Waals surface area contributed by atoms with Gasteiger partial charge in [-0.2, -0.15) is 0 Å². The van der Waals surface area contributed by atoms with Crippen molar-refractivity contribution in [2.24, 2.45) is 11.7 Å². The summed E-state index contributed by atoms with van der Waals surface area (Å²) in [5.74, 6) is -0.362. The Kier molecular flexibility index (Phi) is 5.55. The highest BCUT2D eigenvalue weighted by Gasteiger charge is 2.32. The summed E-state index contributed by atoms with van der Waals surface area (Å²) in [5.41, 5.74) is 5.51. The van der Waals surface area contributed by atoms with Gasteiger partial charge in [0.1, 0.15) is 6.10 Å². The zero-order valence-corrected chi connectivity index (χ0v) is 11.3. The Morgan fingerprint density at radius 3 is 2.67 bits per heavy atom. The fourth-order valence-electron chi connectivity index (χ4n) is 2.14. The van der Waals surface area contributed by atoms with Gasteiger partial charge in [-0.3, -0.25) is 9.59 Å². The molecule has 3 N–H and O–H groups in total. The van der Waals surface area contributed by atoms with Crippen LogP contribution in [0.3, 0.4) is 0 Å². The quantitative estimate of drug-likeness (QED) is 0.684. The smallest absolute Gasteiger partial charge is 0.251 e. The summed E-state index contributed by atoms with van der Waals surface area (Å²) in [6.07, 6.45) is 1.12. The molecule has 6 nitrogen and oxygen atoms in total. The van der Waals surface area contributed by atoms with Crippen molar-refractivity contribution in [1.82, 2.24) is 10.2 Å². The molecule has 1 aliphatic rings. The first-order chi connectivity index (χ1) is 8.49. The predicted octanol–water partition coefficient (Wildman–Crippen LogP) is -0.667. The molecule has 0 aromatic heterocycles. The number of nitrogens with two attached hydrogens (primary N) is 1. The summed E-state index contributed by atoms with van der Waals surface area (Å²) in [6.45, 7) is 2.63. The van der Waals surface area contributed by atoms with Gasteiger partial charge in [-0.15, -0.1) is 0 Å². The van der Waals surface area contributed by atoms with Gasteiger partial charge in [0.2, 0.25) is 5.91 Å². The monoisotopic (exact) mass is 257 g/mol. The van der Waals surface area contributed by atoms with E-state index in [1.54, 1.807) is 25.9 Å². The predicted molar refractivity (Wildman–Crippen MR) is 67.8 cm³/mol. The molecule has 6 heteroatoms. The Morgan fingerprint density at radius 1 is 1.50 bits per heavy atom. The maximum absolute atomic E-state index is 12.1. The van der Waals surface area contributed by atoms with Crippen LogP contribution in [0.25, 0.3) is 0 Å². The zero-order valence-electron chi connectivity index (χ0n) is 11.3. The maximum atomic E-state index is 12.1. The average molecular weight is 257 g/mol. The van der Waals surface area contributed by atoms with E-state index in [-0.39, 0.29) is 23.8 Å². The highest BCUT2D eigenvalue weighted by molar-refractivity contribution is 5.82. The number of nitrogens with zero attached hydrogens (tertiary/aromatic N) is 1. The summed E-state index contributed by atoms with van der Waals surface area (Å²) in [6, 6.07) is 0. The minimum absolute atomic E-state index is 0.0105. The number of hydrogen-bond donors (Lipinski definition) is 2. The maximum Gasteiger partial charge on any atom is 0.251 e. The lowest BCUT2D eigenvalue weighted by molar-refractivity contribution is -0.142. The number of amides is 2. The molecule has 0 aliphatic carbocycles. The van der Waals surface area contributed by atoms with E-state index in [1.165, 1.54) is 0 Å². The van der Waals surface area contributed by atoms with Crippen LogP contribution in [0.4, 0.5) is 0 Å². The van der Waals surface area contributed by atoms with Gasteiger partial charge in [-0.05, 0) is 12.8 Å². The van der Waals surface area contributed by atoms with E-state index in [0.29, 0.717) is 19.5 Å². The molecule has 18 heavy (non-hydrogen) atoms. The second-order valence-corrected chi connectivity index (χ2v) is 4.79. The molecule has 0 saturated carbocycles. The van der Waals surface area contributed by atoms with Crippen LogP contribution in [0.15, 0.2) is 0 Å². The molecular weight excluding hydrogens is 234 g/mol. The Balaban J connectivity index is 2.44. The van der Waals surface area contributed by atoms with Crippen molar-refractivity contribution in [3.63, 3.8) is 0 Å². The summed E-state index contributed by atoms with van der Waals surface area (Å²) in [5, 5.41) is 2.57. The fourth-order valence-corrected chi connectivity index (χ4v) is 2.14. The highest BCUT2D eigenvalue weighted by atomic mass is 16.5. The van der Waals surface area contributed by atoms with Crippen LogP contribution >= 0.6 is 0 Å². The number of nitrogens with one attached hydrogen (secondary N) is 1. The van der Waals surface area contributed by atoms with Crippen LogP contribution in [-0.4, -0.2) is 56.1 Å². The number of ether oxygens (including phenoxy) is 1. The number of likely N-dealkylation sites (N-methyl/N-ethyl adjacent to an activating group) is 1. The van der Waals surface area contributed by atoms with Crippen LogP contribution in [0, 0.1) is 5.92 Å². The molecule has 0 spiro atoms. The molecule has 0 aromatic carbocycles. The third-order valence-corrected chi connectivity index (χ3v) is 3.26. The van der Waals surface area contributed by atoms with Crippen molar-refractivity contribution in [1.29, 1.82) is 0 Å². The molecule has 1 rings (SSSR count). The first-order valence-electron chi connectivity index (χ1n) is 6.31. The van der Waals surface area contributed by atoms with Crippen LogP contribution in [0.2, 0.25) is 0 Å². The lowest BCUT2D eigenvalue weighted by atomic mass is 10.1. The third-order valence-electron chi connectivity index (χ3n) is 3.26.